The van der Waals surface area contributed by atoms with E-state index in [4.69, 9.17) is 0 Å². The van der Waals surface area contributed by atoms with Gasteiger partial charge in [0.1, 0.15) is 12.6 Å². The molecular weight excluding hydrogens is 486 g/mol. The van der Waals surface area contributed by atoms with Crippen LogP contribution < -0.4 is 9.62 Å². The first-order valence-corrected chi connectivity index (χ1v) is 15.0. The Hall–Kier alpha value is -2.87. The first-order chi connectivity index (χ1) is 17.5. The molecule has 1 aliphatic rings. The van der Waals surface area contributed by atoms with E-state index in [1.165, 1.54) is 6.42 Å². The lowest BCUT2D eigenvalue weighted by Gasteiger charge is -2.34. The van der Waals surface area contributed by atoms with Gasteiger partial charge >= 0.3 is 0 Å². The summed E-state index contributed by atoms with van der Waals surface area (Å²) < 4.78 is 26.7. The Bertz CT molecular complexity index is 1210. The molecule has 0 aromatic heterocycles. The molecule has 0 spiro atoms. The minimum atomic E-state index is -3.75. The van der Waals surface area contributed by atoms with Gasteiger partial charge in [-0.25, -0.2) is 8.42 Å². The molecule has 2 amide bonds. The minimum absolute atomic E-state index is 0.120. The highest BCUT2D eigenvalue weighted by Crippen LogP contribution is 2.23. The van der Waals surface area contributed by atoms with Crippen molar-refractivity contribution in [2.24, 2.45) is 0 Å². The average molecular weight is 528 g/mol. The number of amides is 2. The van der Waals surface area contributed by atoms with Crippen LogP contribution >= 0.6 is 0 Å². The zero-order chi connectivity index (χ0) is 27.2. The normalized spacial score (nSPS) is 15.2. The van der Waals surface area contributed by atoms with Crippen LogP contribution in [0.25, 0.3) is 0 Å². The third-order valence-electron chi connectivity index (χ3n) is 7.23. The van der Waals surface area contributed by atoms with Crippen molar-refractivity contribution in [3.8, 4) is 0 Å². The third-order valence-corrected chi connectivity index (χ3v) is 8.37. The zero-order valence-electron chi connectivity index (χ0n) is 22.8. The van der Waals surface area contributed by atoms with Crippen molar-refractivity contribution in [2.75, 3.05) is 17.1 Å². The fourth-order valence-electron chi connectivity index (χ4n) is 4.97. The van der Waals surface area contributed by atoms with Gasteiger partial charge in [0.15, 0.2) is 0 Å². The smallest absolute Gasteiger partial charge is 0.244 e. The maximum Gasteiger partial charge on any atom is 0.244 e. The number of nitrogens with one attached hydrogen (secondary N) is 1. The predicted molar refractivity (Wildman–Crippen MR) is 149 cm³/mol. The van der Waals surface area contributed by atoms with Crippen LogP contribution in [-0.4, -0.2) is 50.0 Å². The van der Waals surface area contributed by atoms with Gasteiger partial charge in [-0.05, 0) is 68.9 Å². The van der Waals surface area contributed by atoms with E-state index in [0.717, 1.165) is 58.5 Å². The molecule has 1 atom stereocenters. The Balaban J connectivity index is 1.93. The summed E-state index contributed by atoms with van der Waals surface area (Å²) in [6.45, 7) is 7.58. The van der Waals surface area contributed by atoms with Crippen molar-refractivity contribution in [3.63, 3.8) is 0 Å². The van der Waals surface area contributed by atoms with E-state index in [-0.39, 0.29) is 25.0 Å². The number of rotatable bonds is 10. The lowest BCUT2D eigenvalue weighted by Crippen LogP contribution is -2.53. The highest BCUT2D eigenvalue weighted by molar-refractivity contribution is 7.92. The lowest BCUT2D eigenvalue weighted by atomic mass is 9.95. The van der Waals surface area contributed by atoms with Crippen LogP contribution in [0, 0.1) is 20.8 Å². The monoisotopic (exact) mass is 527 g/mol. The molecule has 1 aliphatic carbocycles. The maximum atomic E-state index is 13.9. The van der Waals surface area contributed by atoms with Crippen molar-refractivity contribution in [2.45, 2.75) is 84.8 Å². The van der Waals surface area contributed by atoms with Gasteiger partial charge in [0.25, 0.3) is 0 Å². The van der Waals surface area contributed by atoms with Crippen LogP contribution in [0.1, 0.15) is 67.7 Å². The number of hydrogen-bond acceptors (Lipinski definition) is 4. The molecule has 0 heterocycles. The molecule has 1 fully saturated rings. The van der Waals surface area contributed by atoms with E-state index in [1.54, 1.807) is 17.0 Å². The maximum absolute atomic E-state index is 13.9. The summed E-state index contributed by atoms with van der Waals surface area (Å²) in [5.74, 6) is -0.580. The lowest BCUT2D eigenvalue weighted by molar-refractivity contribution is -0.140. The van der Waals surface area contributed by atoms with E-state index < -0.39 is 22.0 Å². The Labute approximate surface area is 222 Å². The molecule has 0 aliphatic heterocycles. The summed E-state index contributed by atoms with van der Waals surface area (Å²) in [5, 5.41) is 3.17. The Kier molecular flexibility index (Phi) is 9.76. The number of carbonyl (C=O) groups excluding carboxylic acids is 2. The van der Waals surface area contributed by atoms with Crippen LogP contribution in [0.2, 0.25) is 0 Å². The Morgan fingerprint density at radius 2 is 1.70 bits per heavy atom. The first-order valence-electron chi connectivity index (χ1n) is 13.2. The quantitative estimate of drug-likeness (QED) is 0.488. The van der Waals surface area contributed by atoms with Gasteiger partial charge in [-0.15, -0.1) is 0 Å². The molecule has 7 nitrogen and oxygen atoms in total. The molecule has 0 bridgehead atoms. The second-order valence-electron chi connectivity index (χ2n) is 10.3. The van der Waals surface area contributed by atoms with E-state index in [1.807, 2.05) is 58.0 Å². The molecule has 8 heteroatoms. The Morgan fingerprint density at radius 1 is 1.00 bits per heavy atom. The second kappa shape index (κ2) is 12.6. The topological polar surface area (TPSA) is 86.8 Å². The molecule has 1 unspecified atom stereocenters. The summed E-state index contributed by atoms with van der Waals surface area (Å²) in [7, 11) is -3.75. The number of aryl methyl sites for hydroxylation is 3. The van der Waals surface area contributed by atoms with Gasteiger partial charge in [-0.2, -0.15) is 0 Å². The molecule has 0 saturated heterocycles. The molecule has 1 saturated carbocycles. The number of sulfonamides is 1. The SMILES string of the molecule is CCC(C(=O)NC1CCCCC1)N(Cc1cccc(C)c1)C(=O)CN(c1ccc(C)c(C)c1)S(C)(=O)=O. The van der Waals surface area contributed by atoms with E-state index >= 15 is 0 Å². The van der Waals surface area contributed by atoms with Gasteiger partial charge < -0.3 is 10.2 Å². The molecule has 2 aromatic carbocycles. The van der Waals surface area contributed by atoms with Gasteiger partial charge in [-0.3, -0.25) is 13.9 Å². The van der Waals surface area contributed by atoms with Crippen LogP contribution in [0.15, 0.2) is 42.5 Å². The first kappa shape index (κ1) is 28.7. The zero-order valence-corrected chi connectivity index (χ0v) is 23.6. The number of hydrogen-bond donors (Lipinski definition) is 1. The standard InChI is InChI=1S/C29H41N3O4S/c1-6-27(29(34)30-25-13-8-7-9-14-25)31(19-24-12-10-11-21(2)17-24)28(33)20-32(37(5,35)36)26-16-15-22(3)23(4)18-26/h10-12,15-18,25,27H,6-9,13-14,19-20H2,1-5H3,(H,30,34). The van der Waals surface area contributed by atoms with Crippen LogP contribution in [0.4, 0.5) is 5.69 Å². The second-order valence-corrected chi connectivity index (χ2v) is 12.2. The van der Waals surface area contributed by atoms with Crippen LogP contribution in [-0.2, 0) is 26.2 Å². The van der Waals surface area contributed by atoms with Crippen LogP contribution in [0.3, 0.4) is 0 Å². The van der Waals surface area contributed by atoms with E-state index in [0.29, 0.717) is 12.1 Å². The van der Waals surface area contributed by atoms with Crippen LogP contribution in [0.5, 0.6) is 0 Å². The van der Waals surface area contributed by atoms with Gasteiger partial charge in [-0.1, -0.05) is 62.1 Å². The predicted octanol–water partition coefficient (Wildman–Crippen LogP) is 4.63. The summed E-state index contributed by atoms with van der Waals surface area (Å²) in [6.07, 6.45) is 6.79. The minimum Gasteiger partial charge on any atom is -0.352 e. The molecular formula is C29H41N3O4S. The molecule has 1 N–H and O–H groups in total. The number of nitrogens with zero attached hydrogens (tertiary/aromatic N) is 2. The van der Waals surface area contributed by atoms with E-state index in [9.17, 15) is 18.0 Å². The fourth-order valence-corrected chi connectivity index (χ4v) is 5.81. The summed E-state index contributed by atoms with van der Waals surface area (Å²) in [5.41, 5.74) is 4.37. The van der Waals surface area contributed by atoms with Crippen molar-refractivity contribution in [1.29, 1.82) is 0 Å². The number of benzene rings is 2. The largest absolute Gasteiger partial charge is 0.352 e. The van der Waals surface area contributed by atoms with Crippen molar-refractivity contribution < 1.29 is 18.0 Å². The van der Waals surface area contributed by atoms with E-state index in [2.05, 4.69) is 5.32 Å². The highest BCUT2D eigenvalue weighted by Gasteiger charge is 2.32. The number of carbonyl (C=O) groups is 2. The van der Waals surface area contributed by atoms with Gasteiger partial charge in [0.05, 0.1) is 11.9 Å². The number of anilines is 1. The Morgan fingerprint density at radius 3 is 2.30 bits per heavy atom. The molecule has 202 valence electrons. The summed E-state index contributed by atoms with van der Waals surface area (Å²) >= 11 is 0. The third kappa shape index (κ3) is 7.81. The van der Waals surface area contributed by atoms with Crippen molar-refractivity contribution >= 4 is 27.5 Å². The molecule has 37 heavy (non-hydrogen) atoms. The fraction of sp³-hybridized carbons (Fsp3) is 0.517. The van der Waals surface area contributed by atoms with Crippen molar-refractivity contribution in [1.82, 2.24) is 10.2 Å². The molecule has 2 aromatic rings. The highest BCUT2D eigenvalue weighted by atomic mass is 32.2. The van der Waals surface area contributed by atoms with Crippen molar-refractivity contribution in [3.05, 3.63) is 64.7 Å². The average Bonchev–Trinajstić information content (AvgIpc) is 2.84. The molecule has 0 radical (unpaired) electrons. The van der Waals surface area contributed by atoms with Gasteiger partial charge in [0.2, 0.25) is 21.8 Å². The summed E-state index contributed by atoms with van der Waals surface area (Å²) in [4.78, 5) is 28.8. The van der Waals surface area contributed by atoms with Gasteiger partial charge in [0, 0.05) is 12.6 Å². The molecule has 3 rings (SSSR count). The summed E-state index contributed by atoms with van der Waals surface area (Å²) in [6, 6.07) is 12.6.